The van der Waals surface area contributed by atoms with E-state index in [0.717, 1.165) is 17.4 Å². The van der Waals surface area contributed by atoms with Gasteiger partial charge in [0.05, 0.1) is 12.3 Å². The first kappa shape index (κ1) is 11.1. The van der Waals surface area contributed by atoms with Crippen molar-refractivity contribution in [3.05, 3.63) is 36.7 Å². The molecule has 0 unspecified atom stereocenters. The molecule has 0 aliphatic heterocycles. The van der Waals surface area contributed by atoms with Gasteiger partial charge in [0.1, 0.15) is 6.33 Å². The standard InChI is InChI=1S/C11H12BrN3O/c12-7-4-8-16-11-13-9-15(14-11)10-5-2-1-3-6-10/h1-3,5-6,9H,4,7-8H2. The molecule has 0 bridgehead atoms. The molecule has 16 heavy (non-hydrogen) atoms. The summed E-state index contributed by atoms with van der Waals surface area (Å²) in [5.74, 6) is 0. The van der Waals surface area contributed by atoms with Crippen LogP contribution >= 0.6 is 15.9 Å². The fourth-order valence-corrected chi connectivity index (χ4v) is 1.47. The van der Waals surface area contributed by atoms with Crippen molar-refractivity contribution in [1.82, 2.24) is 14.8 Å². The molecule has 0 aliphatic carbocycles. The summed E-state index contributed by atoms with van der Waals surface area (Å²) in [5, 5.41) is 5.14. The van der Waals surface area contributed by atoms with Crippen molar-refractivity contribution in [3.8, 4) is 11.7 Å². The van der Waals surface area contributed by atoms with Gasteiger partial charge < -0.3 is 4.74 Å². The number of hydrogen-bond acceptors (Lipinski definition) is 3. The molecular weight excluding hydrogens is 270 g/mol. The van der Waals surface area contributed by atoms with E-state index in [0.29, 0.717) is 12.6 Å². The van der Waals surface area contributed by atoms with Crippen molar-refractivity contribution in [1.29, 1.82) is 0 Å². The van der Waals surface area contributed by atoms with Gasteiger partial charge in [0, 0.05) is 5.33 Å². The Bertz CT molecular complexity index is 430. The molecule has 0 saturated heterocycles. The number of nitrogens with zero attached hydrogens (tertiary/aromatic N) is 3. The summed E-state index contributed by atoms with van der Waals surface area (Å²) in [6, 6.07) is 10.2. The monoisotopic (exact) mass is 281 g/mol. The molecule has 0 fully saturated rings. The van der Waals surface area contributed by atoms with Crippen molar-refractivity contribution in [2.45, 2.75) is 6.42 Å². The molecule has 84 valence electrons. The minimum atomic E-state index is 0.421. The molecule has 1 aromatic carbocycles. The lowest BCUT2D eigenvalue weighted by molar-refractivity contribution is 0.294. The number of aromatic nitrogens is 3. The Morgan fingerprint density at radius 1 is 1.25 bits per heavy atom. The molecule has 2 rings (SSSR count). The molecular formula is C11H12BrN3O. The maximum absolute atomic E-state index is 5.38. The first-order chi connectivity index (χ1) is 7.90. The molecule has 5 heteroatoms. The van der Waals surface area contributed by atoms with Crippen LogP contribution in [0.15, 0.2) is 36.7 Å². The summed E-state index contributed by atoms with van der Waals surface area (Å²) >= 11 is 3.34. The molecule has 4 nitrogen and oxygen atoms in total. The van der Waals surface area contributed by atoms with Crippen LogP contribution in [-0.4, -0.2) is 26.7 Å². The summed E-state index contributed by atoms with van der Waals surface area (Å²) in [4.78, 5) is 4.08. The Hall–Kier alpha value is -1.36. The average molecular weight is 282 g/mol. The number of benzene rings is 1. The van der Waals surface area contributed by atoms with Gasteiger partial charge in [0.2, 0.25) is 0 Å². The molecule has 0 radical (unpaired) electrons. The number of alkyl halides is 1. The Morgan fingerprint density at radius 3 is 2.81 bits per heavy atom. The number of halogens is 1. The van der Waals surface area contributed by atoms with Gasteiger partial charge >= 0.3 is 6.01 Å². The molecule has 0 spiro atoms. The van der Waals surface area contributed by atoms with Gasteiger partial charge in [0.25, 0.3) is 0 Å². The summed E-state index contributed by atoms with van der Waals surface area (Å²) in [6.45, 7) is 0.629. The lowest BCUT2D eigenvalue weighted by Crippen LogP contribution is -2.00. The zero-order valence-electron chi connectivity index (χ0n) is 8.71. The highest BCUT2D eigenvalue weighted by Gasteiger charge is 2.02. The maximum atomic E-state index is 5.38. The molecule has 1 aromatic heterocycles. The van der Waals surface area contributed by atoms with Crippen LogP contribution in [0, 0.1) is 0 Å². The zero-order valence-corrected chi connectivity index (χ0v) is 10.3. The third-order valence-corrected chi connectivity index (χ3v) is 2.56. The van der Waals surface area contributed by atoms with E-state index >= 15 is 0 Å². The molecule has 0 saturated carbocycles. The van der Waals surface area contributed by atoms with Gasteiger partial charge in [0.15, 0.2) is 0 Å². The summed E-state index contributed by atoms with van der Waals surface area (Å²) in [7, 11) is 0. The highest BCUT2D eigenvalue weighted by molar-refractivity contribution is 9.09. The van der Waals surface area contributed by atoms with Crippen LogP contribution in [-0.2, 0) is 0 Å². The summed E-state index contributed by atoms with van der Waals surface area (Å²) in [5.41, 5.74) is 0.977. The third-order valence-electron chi connectivity index (χ3n) is 2.00. The quantitative estimate of drug-likeness (QED) is 0.624. The van der Waals surface area contributed by atoms with Gasteiger partial charge in [-0.05, 0) is 18.6 Å². The minimum Gasteiger partial charge on any atom is -0.462 e. The van der Waals surface area contributed by atoms with Crippen molar-refractivity contribution < 1.29 is 4.74 Å². The van der Waals surface area contributed by atoms with Crippen LogP contribution in [0.4, 0.5) is 0 Å². The Morgan fingerprint density at radius 2 is 2.06 bits per heavy atom. The average Bonchev–Trinajstić information content (AvgIpc) is 2.79. The Labute approximate surface area is 102 Å². The largest absolute Gasteiger partial charge is 0.462 e. The number of para-hydroxylation sites is 1. The van der Waals surface area contributed by atoms with Crippen LogP contribution in [0.5, 0.6) is 6.01 Å². The Balaban J connectivity index is 2.02. The fraction of sp³-hybridized carbons (Fsp3) is 0.273. The molecule has 1 heterocycles. The van der Waals surface area contributed by atoms with Gasteiger partial charge in [-0.2, -0.15) is 4.98 Å². The van der Waals surface area contributed by atoms with Crippen molar-refractivity contribution in [2.75, 3.05) is 11.9 Å². The topological polar surface area (TPSA) is 39.9 Å². The van der Waals surface area contributed by atoms with Crippen LogP contribution in [0.1, 0.15) is 6.42 Å². The second kappa shape index (κ2) is 5.65. The molecule has 2 aromatic rings. The van der Waals surface area contributed by atoms with Gasteiger partial charge in [-0.15, -0.1) is 5.10 Å². The molecule has 0 amide bonds. The molecule has 0 N–H and O–H groups in total. The SMILES string of the molecule is BrCCCOc1ncn(-c2ccccc2)n1. The lowest BCUT2D eigenvalue weighted by Gasteiger charge is -1.99. The van der Waals surface area contributed by atoms with Crippen molar-refractivity contribution in [2.24, 2.45) is 0 Å². The normalized spacial score (nSPS) is 10.3. The van der Waals surface area contributed by atoms with Crippen molar-refractivity contribution >= 4 is 15.9 Å². The van der Waals surface area contributed by atoms with E-state index < -0.39 is 0 Å². The number of ether oxygens (including phenoxy) is 1. The second-order valence-electron chi connectivity index (χ2n) is 3.20. The van der Waals surface area contributed by atoms with Crippen LogP contribution in [0.3, 0.4) is 0 Å². The third kappa shape index (κ3) is 2.82. The Kier molecular flexibility index (Phi) is 3.93. The van der Waals surface area contributed by atoms with Gasteiger partial charge in [-0.1, -0.05) is 34.1 Å². The van der Waals surface area contributed by atoms with E-state index in [2.05, 4.69) is 26.0 Å². The van der Waals surface area contributed by atoms with E-state index in [1.807, 2.05) is 30.3 Å². The fourth-order valence-electron chi connectivity index (χ4n) is 1.24. The van der Waals surface area contributed by atoms with E-state index in [4.69, 9.17) is 4.74 Å². The molecule has 0 atom stereocenters. The van der Waals surface area contributed by atoms with E-state index in [1.54, 1.807) is 11.0 Å². The summed E-state index contributed by atoms with van der Waals surface area (Å²) < 4.78 is 7.07. The van der Waals surface area contributed by atoms with E-state index in [9.17, 15) is 0 Å². The summed E-state index contributed by atoms with van der Waals surface area (Å²) in [6.07, 6.45) is 2.60. The van der Waals surface area contributed by atoms with Gasteiger partial charge in [-0.3, -0.25) is 0 Å². The highest BCUT2D eigenvalue weighted by Crippen LogP contribution is 2.08. The number of rotatable bonds is 5. The second-order valence-corrected chi connectivity index (χ2v) is 3.99. The van der Waals surface area contributed by atoms with Crippen molar-refractivity contribution in [3.63, 3.8) is 0 Å². The molecule has 0 aliphatic rings. The smallest absolute Gasteiger partial charge is 0.335 e. The number of hydrogen-bond donors (Lipinski definition) is 0. The van der Waals surface area contributed by atoms with E-state index in [-0.39, 0.29) is 0 Å². The first-order valence-corrected chi connectivity index (χ1v) is 6.18. The zero-order chi connectivity index (χ0) is 11.2. The van der Waals surface area contributed by atoms with Crippen LogP contribution < -0.4 is 4.74 Å². The van der Waals surface area contributed by atoms with Crippen LogP contribution in [0.2, 0.25) is 0 Å². The predicted molar refractivity (Wildman–Crippen MR) is 65.3 cm³/mol. The first-order valence-electron chi connectivity index (χ1n) is 5.06. The van der Waals surface area contributed by atoms with Crippen LogP contribution in [0.25, 0.3) is 5.69 Å². The minimum absolute atomic E-state index is 0.421. The maximum Gasteiger partial charge on any atom is 0.335 e. The lowest BCUT2D eigenvalue weighted by atomic mass is 10.3. The predicted octanol–water partition coefficient (Wildman–Crippen LogP) is 2.43. The van der Waals surface area contributed by atoms with E-state index in [1.165, 1.54) is 0 Å². The van der Waals surface area contributed by atoms with Gasteiger partial charge in [-0.25, -0.2) is 4.68 Å². The highest BCUT2D eigenvalue weighted by atomic mass is 79.9.